The maximum absolute atomic E-state index is 13.2. The molecular weight excluding hydrogens is 505 g/mol. The molecule has 190 valence electrons. The van der Waals surface area contributed by atoms with Gasteiger partial charge >= 0.3 is 6.36 Å². The number of carbonyl (C=O) groups is 1. The Balaban J connectivity index is 1.20. The van der Waals surface area contributed by atoms with Crippen molar-refractivity contribution in [1.29, 1.82) is 0 Å². The number of ether oxygens (including phenoxy) is 1. The van der Waals surface area contributed by atoms with E-state index in [1.54, 1.807) is 4.90 Å². The van der Waals surface area contributed by atoms with E-state index in [1.807, 2.05) is 48.7 Å². The molecule has 0 aliphatic carbocycles. The summed E-state index contributed by atoms with van der Waals surface area (Å²) in [6.07, 6.45) is -1.94. The summed E-state index contributed by atoms with van der Waals surface area (Å²) in [7, 11) is 0. The first kappa shape index (κ1) is 23.8. The molecular formula is C27H22ClF3N4O2. The third kappa shape index (κ3) is 4.65. The van der Waals surface area contributed by atoms with Crippen LogP contribution in [0, 0.1) is 0 Å². The smallest absolute Gasteiger partial charge is 0.406 e. The van der Waals surface area contributed by atoms with Gasteiger partial charge in [-0.3, -0.25) is 9.69 Å². The Kier molecular flexibility index (Phi) is 5.84. The van der Waals surface area contributed by atoms with Gasteiger partial charge < -0.3 is 14.0 Å². The minimum absolute atomic E-state index is 0.00314. The van der Waals surface area contributed by atoms with Crippen molar-refractivity contribution >= 4 is 23.2 Å². The van der Waals surface area contributed by atoms with Gasteiger partial charge in [0.1, 0.15) is 11.4 Å². The number of rotatable bonds is 5. The molecule has 3 saturated heterocycles. The number of aromatic nitrogens is 2. The molecule has 0 N–H and O–H groups in total. The van der Waals surface area contributed by atoms with Gasteiger partial charge in [-0.2, -0.15) is 0 Å². The molecule has 6 nitrogen and oxygen atoms in total. The van der Waals surface area contributed by atoms with Crippen molar-refractivity contribution in [3.8, 4) is 17.0 Å². The van der Waals surface area contributed by atoms with Crippen molar-refractivity contribution < 1.29 is 22.7 Å². The zero-order valence-corrected chi connectivity index (χ0v) is 20.3. The van der Waals surface area contributed by atoms with Crippen molar-refractivity contribution in [3.63, 3.8) is 0 Å². The van der Waals surface area contributed by atoms with Crippen LogP contribution < -0.4 is 4.74 Å². The quantitative estimate of drug-likeness (QED) is 0.337. The van der Waals surface area contributed by atoms with E-state index in [0.29, 0.717) is 24.7 Å². The summed E-state index contributed by atoms with van der Waals surface area (Å²) in [5.74, 6) is -0.668. The number of alkyl halides is 3. The number of piperazine rings is 1. The van der Waals surface area contributed by atoms with E-state index in [-0.39, 0.29) is 23.6 Å². The Labute approximate surface area is 215 Å². The second-order valence-corrected chi connectivity index (χ2v) is 9.80. The molecule has 7 rings (SSSR count). The molecule has 37 heavy (non-hydrogen) atoms. The number of halogens is 4. The minimum atomic E-state index is -4.81. The Morgan fingerprint density at radius 1 is 1.03 bits per heavy atom. The maximum atomic E-state index is 13.2. The van der Waals surface area contributed by atoms with Crippen molar-refractivity contribution in [1.82, 2.24) is 19.2 Å². The van der Waals surface area contributed by atoms with E-state index in [0.717, 1.165) is 35.1 Å². The van der Waals surface area contributed by atoms with Crippen LogP contribution in [-0.2, 0) is 6.54 Å². The Morgan fingerprint density at radius 2 is 1.78 bits per heavy atom. The molecule has 0 saturated carbocycles. The Hall–Kier alpha value is -3.56. The maximum Gasteiger partial charge on any atom is 0.573 e. The van der Waals surface area contributed by atoms with Crippen LogP contribution in [0.5, 0.6) is 5.75 Å². The molecule has 0 spiro atoms. The monoisotopic (exact) mass is 526 g/mol. The lowest BCUT2D eigenvalue weighted by atomic mass is 9.86. The van der Waals surface area contributed by atoms with E-state index in [9.17, 15) is 18.0 Å². The molecule has 3 aliphatic heterocycles. The molecule has 1 amide bonds. The number of benzene rings is 2. The average Bonchev–Trinajstić information content (AvgIpc) is 3.22. The van der Waals surface area contributed by atoms with E-state index in [1.165, 1.54) is 18.2 Å². The number of carbonyl (C=O) groups excluding carboxylic acids is 1. The molecule has 2 bridgehead atoms. The van der Waals surface area contributed by atoms with Gasteiger partial charge in [-0.25, -0.2) is 4.98 Å². The van der Waals surface area contributed by atoms with Gasteiger partial charge in [0.25, 0.3) is 5.91 Å². The van der Waals surface area contributed by atoms with E-state index in [4.69, 9.17) is 16.6 Å². The molecule has 3 aliphatic rings. The average molecular weight is 527 g/mol. The normalized spacial score (nSPS) is 19.6. The molecule has 2 aromatic heterocycles. The number of piperidine rings is 1. The highest BCUT2D eigenvalue weighted by Gasteiger charge is 2.47. The number of imidazole rings is 1. The van der Waals surface area contributed by atoms with Crippen LogP contribution in [0.25, 0.3) is 16.9 Å². The molecule has 10 heteroatoms. The topological polar surface area (TPSA) is 50.1 Å². The fraction of sp³-hybridized carbons (Fsp3) is 0.259. The summed E-state index contributed by atoms with van der Waals surface area (Å²) in [6, 6.07) is 18.7. The zero-order chi connectivity index (χ0) is 25.7. The first-order chi connectivity index (χ1) is 17.7. The lowest BCUT2D eigenvalue weighted by Gasteiger charge is -2.56. The van der Waals surface area contributed by atoms with Crippen LogP contribution in [0.2, 0.25) is 5.02 Å². The fourth-order valence-corrected chi connectivity index (χ4v) is 5.51. The SMILES string of the molecule is O=C(c1cccc(OC(F)(F)F)c1)N1C2CC1CN(Cc1c(-c3ccc(Cl)cc3)nc3ccccn13)C2. The van der Waals surface area contributed by atoms with E-state index < -0.39 is 12.1 Å². The summed E-state index contributed by atoms with van der Waals surface area (Å²) < 4.78 is 43.9. The van der Waals surface area contributed by atoms with E-state index in [2.05, 4.69) is 14.0 Å². The van der Waals surface area contributed by atoms with Gasteiger partial charge in [0.2, 0.25) is 0 Å². The molecule has 3 fully saturated rings. The fourth-order valence-electron chi connectivity index (χ4n) is 5.38. The van der Waals surface area contributed by atoms with Crippen LogP contribution in [0.4, 0.5) is 13.2 Å². The van der Waals surface area contributed by atoms with Crippen LogP contribution in [0.15, 0.2) is 72.9 Å². The van der Waals surface area contributed by atoms with Gasteiger partial charge in [-0.05, 0) is 48.9 Å². The van der Waals surface area contributed by atoms with E-state index >= 15 is 0 Å². The highest BCUT2D eigenvalue weighted by atomic mass is 35.5. The highest BCUT2D eigenvalue weighted by Crippen LogP contribution is 2.36. The van der Waals surface area contributed by atoms with Crippen LogP contribution in [0.1, 0.15) is 22.5 Å². The van der Waals surface area contributed by atoms with Gasteiger partial charge in [-0.15, -0.1) is 13.2 Å². The van der Waals surface area contributed by atoms with Crippen molar-refractivity contribution in [2.24, 2.45) is 0 Å². The largest absolute Gasteiger partial charge is 0.573 e. The van der Waals surface area contributed by atoms with Crippen molar-refractivity contribution in [2.75, 3.05) is 13.1 Å². The van der Waals surface area contributed by atoms with Gasteiger partial charge in [-0.1, -0.05) is 35.9 Å². The summed E-state index contributed by atoms with van der Waals surface area (Å²) in [4.78, 5) is 22.1. The summed E-state index contributed by atoms with van der Waals surface area (Å²) in [5, 5.41) is 0.658. The third-order valence-corrected chi connectivity index (χ3v) is 7.19. The van der Waals surface area contributed by atoms with Crippen LogP contribution in [-0.4, -0.2) is 56.6 Å². The predicted molar refractivity (Wildman–Crippen MR) is 132 cm³/mol. The summed E-state index contributed by atoms with van der Waals surface area (Å²) in [5.41, 5.74) is 3.95. The number of hydrogen-bond acceptors (Lipinski definition) is 4. The molecule has 2 atom stereocenters. The zero-order valence-electron chi connectivity index (χ0n) is 19.5. The van der Waals surface area contributed by atoms with Crippen LogP contribution in [0.3, 0.4) is 0 Å². The predicted octanol–water partition coefficient (Wildman–Crippen LogP) is 5.65. The van der Waals surface area contributed by atoms with Crippen molar-refractivity contribution in [3.05, 3.63) is 89.2 Å². The lowest BCUT2D eigenvalue weighted by molar-refractivity contribution is -0.274. The lowest BCUT2D eigenvalue weighted by Crippen LogP contribution is -2.69. The van der Waals surface area contributed by atoms with Crippen LogP contribution >= 0.6 is 11.6 Å². The third-order valence-electron chi connectivity index (χ3n) is 6.94. The number of pyridine rings is 1. The number of amides is 1. The molecule has 5 heterocycles. The summed E-state index contributed by atoms with van der Waals surface area (Å²) >= 11 is 6.09. The first-order valence-electron chi connectivity index (χ1n) is 11.9. The van der Waals surface area contributed by atoms with Crippen molar-refractivity contribution in [2.45, 2.75) is 31.4 Å². The van der Waals surface area contributed by atoms with Gasteiger partial charge in [0.05, 0.1) is 11.4 Å². The number of hydrogen-bond donors (Lipinski definition) is 0. The number of fused-ring (bicyclic) bond motifs is 3. The first-order valence-corrected chi connectivity index (χ1v) is 12.3. The molecule has 2 unspecified atom stereocenters. The summed E-state index contributed by atoms with van der Waals surface area (Å²) in [6.45, 7) is 1.98. The van der Waals surface area contributed by atoms with Gasteiger partial charge in [0.15, 0.2) is 0 Å². The standard InChI is InChI=1S/C27H22ClF3N4O2/c28-19-9-7-17(8-10-19)25-23(34-11-2-1-6-24(34)32-25)16-33-14-20-13-21(15-33)35(20)26(36)18-4-3-5-22(12-18)37-27(29,30)31/h1-12,20-21H,13-16H2. The molecule has 4 aromatic rings. The second kappa shape index (κ2) is 9.08. The molecule has 0 radical (unpaired) electrons. The number of nitrogens with zero attached hydrogens (tertiary/aromatic N) is 4. The molecule has 2 aromatic carbocycles. The Morgan fingerprint density at radius 3 is 2.51 bits per heavy atom. The minimum Gasteiger partial charge on any atom is -0.406 e. The second-order valence-electron chi connectivity index (χ2n) is 9.37. The highest BCUT2D eigenvalue weighted by molar-refractivity contribution is 6.30. The Bertz CT molecular complexity index is 1460. The van der Waals surface area contributed by atoms with Gasteiger partial charge in [0, 0.05) is 54.1 Å².